The smallest absolute Gasteiger partial charge is 0.329 e. The van der Waals surface area contributed by atoms with Gasteiger partial charge in [-0.25, -0.2) is 9.78 Å². The van der Waals surface area contributed by atoms with Gasteiger partial charge in [0.2, 0.25) is 0 Å². The second-order valence-corrected chi connectivity index (χ2v) is 4.96. The third-order valence-corrected chi connectivity index (χ3v) is 2.82. The van der Waals surface area contributed by atoms with Gasteiger partial charge in [-0.2, -0.15) is 0 Å². The standard InChI is InChI=1S/C10H10Br2N2O4/c11-6-3-7(12)9(14-4-6)10(17)13-1-2-18-5-8(15)16/h3-4H,1-2,5H2,(H,13,17)(H,15,16). The number of carboxylic acids is 1. The van der Waals surface area contributed by atoms with E-state index in [0.717, 1.165) is 4.47 Å². The summed E-state index contributed by atoms with van der Waals surface area (Å²) in [6, 6.07) is 1.71. The van der Waals surface area contributed by atoms with E-state index in [1.54, 1.807) is 6.07 Å². The number of carbonyl (C=O) groups is 2. The number of ether oxygens (including phenoxy) is 1. The van der Waals surface area contributed by atoms with E-state index in [0.29, 0.717) is 4.47 Å². The topological polar surface area (TPSA) is 88.5 Å². The maximum absolute atomic E-state index is 11.7. The highest BCUT2D eigenvalue weighted by atomic mass is 79.9. The molecule has 1 heterocycles. The molecule has 0 aliphatic rings. The molecule has 0 aromatic carbocycles. The van der Waals surface area contributed by atoms with Gasteiger partial charge in [0.25, 0.3) is 5.91 Å². The highest BCUT2D eigenvalue weighted by molar-refractivity contribution is 9.11. The molecule has 18 heavy (non-hydrogen) atoms. The summed E-state index contributed by atoms with van der Waals surface area (Å²) in [5.41, 5.74) is 0.261. The largest absolute Gasteiger partial charge is 0.480 e. The van der Waals surface area contributed by atoms with Crippen LogP contribution < -0.4 is 5.32 Å². The predicted octanol–water partition coefficient (Wildman–Crippen LogP) is 1.44. The summed E-state index contributed by atoms with van der Waals surface area (Å²) < 4.78 is 6.11. The van der Waals surface area contributed by atoms with Gasteiger partial charge in [0, 0.05) is 17.2 Å². The monoisotopic (exact) mass is 380 g/mol. The number of carbonyl (C=O) groups excluding carboxylic acids is 1. The SMILES string of the molecule is O=C(O)COCCNC(=O)c1ncc(Br)cc1Br. The number of hydrogen-bond acceptors (Lipinski definition) is 4. The van der Waals surface area contributed by atoms with E-state index in [-0.39, 0.29) is 31.4 Å². The van der Waals surface area contributed by atoms with Crippen LogP contribution in [0, 0.1) is 0 Å². The summed E-state index contributed by atoms with van der Waals surface area (Å²) in [6.07, 6.45) is 1.51. The minimum Gasteiger partial charge on any atom is -0.480 e. The molecule has 0 spiro atoms. The first-order valence-corrected chi connectivity index (χ1v) is 6.48. The average Bonchev–Trinajstić information content (AvgIpc) is 2.27. The van der Waals surface area contributed by atoms with E-state index in [9.17, 15) is 9.59 Å². The highest BCUT2D eigenvalue weighted by Gasteiger charge is 2.11. The fourth-order valence-corrected chi connectivity index (χ4v) is 2.23. The van der Waals surface area contributed by atoms with Crippen molar-refractivity contribution >= 4 is 43.7 Å². The number of pyridine rings is 1. The third kappa shape index (κ3) is 5.11. The minimum atomic E-state index is -1.04. The van der Waals surface area contributed by atoms with Crippen LogP contribution >= 0.6 is 31.9 Å². The molecule has 0 saturated heterocycles. The molecule has 0 radical (unpaired) electrons. The van der Waals surface area contributed by atoms with E-state index in [1.807, 2.05) is 0 Å². The summed E-state index contributed by atoms with van der Waals surface area (Å²) in [5.74, 6) is -1.40. The molecule has 0 atom stereocenters. The molecule has 0 fully saturated rings. The number of hydrogen-bond donors (Lipinski definition) is 2. The van der Waals surface area contributed by atoms with Crippen molar-refractivity contribution in [3.8, 4) is 0 Å². The number of aliphatic carboxylic acids is 1. The van der Waals surface area contributed by atoms with Gasteiger partial charge < -0.3 is 15.2 Å². The van der Waals surface area contributed by atoms with Crippen molar-refractivity contribution in [1.29, 1.82) is 0 Å². The van der Waals surface area contributed by atoms with Crippen molar-refractivity contribution < 1.29 is 19.4 Å². The lowest BCUT2D eigenvalue weighted by atomic mass is 10.3. The van der Waals surface area contributed by atoms with Crippen LogP contribution in [-0.4, -0.2) is 41.7 Å². The second kappa shape index (κ2) is 7.45. The van der Waals surface area contributed by atoms with Gasteiger partial charge in [0.1, 0.15) is 12.3 Å². The van der Waals surface area contributed by atoms with E-state index < -0.39 is 5.97 Å². The Kier molecular flexibility index (Phi) is 6.23. The first-order valence-electron chi connectivity index (χ1n) is 4.89. The molecular weight excluding hydrogens is 372 g/mol. The fourth-order valence-electron chi connectivity index (χ4n) is 1.06. The number of amides is 1. The Morgan fingerprint density at radius 2 is 2.17 bits per heavy atom. The van der Waals surface area contributed by atoms with Crippen molar-refractivity contribution in [3.63, 3.8) is 0 Å². The van der Waals surface area contributed by atoms with Crippen molar-refractivity contribution in [3.05, 3.63) is 26.9 Å². The quantitative estimate of drug-likeness (QED) is 0.728. The third-order valence-electron chi connectivity index (χ3n) is 1.78. The van der Waals surface area contributed by atoms with Gasteiger partial charge in [-0.1, -0.05) is 0 Å². The number of nitrogens with one attached hydrogen (secondary N) is 1. The zero-order valence-electron chi connectivity index (χ0n) is 9.15. The summed E-state index contributed by atoms with van der Waals surface area (Å²) in [6.45, 7) is -0.0292. The van der Waals surface area contributed by atoms with Crippen LogP contribution in [0.15, 0.2) is 21.2 Å². The van der Waals surface area contributed by atoms with Crippen molar-refractivity contribution in [2.45, 2.75) is 0 Å². The summed E-state index contributed by atoms with van der Waals surface area (Å²) in [7, 11) is 0. The van der Waals surface area contributed by atoms with Crippen molar-refractivity contribution in [2.75, 3.05) is 19.8 Å². The molecule has 0 bridgehead atoms. The lowest BCUT2D eigenvalue weighted by molar-refractivity contribution is -0.142. The maximum atomic E-state index is 11.7. The predicted molar refractivity (Wildman–Crippen MR) is 70.4 cm³/mol. The molecule has 0 saturated carbocycles. The molecule has 8 heteroatoms. The van der Waals surface area contributed by atoms with Crippen LogP contribution in [-0.2, 0) is 9.53 Å². The second-order valence-electron chi connectivity index (χ2n) is 3.19. The molecule has 1 rings (SSSR count). The highest BCUT2D eigenvalue weighted by Crippen LogP contribution is 2.19. The summed E-state index contributed by atoms with van der Waals surface area (Å²) in [4.78, 5) is 25.8. The summed E-state index contributed by atoms with van der Waals surface area (Å²) in [5, 5.41) is 10.9. The van der Waals surface area contributed by atoms with E-state index >= 15 is 0 Å². The molecule has 2 N–H and O–H groups in total. The Bertz CT molecular complexity index is 454. The van der Waals surface area contributed by atoms with Crippen LogP contribution in [0.1, 0.15) is 10.5 Å². The zero-order chi connectivity index (χ0) is 13.5. The molecule has 6 nitrogen and oxygen atoms in total. The van der Waals surface area contributed by atoms with Gasteiger partial charge in [0.15, 0.2) is 0 Å². The molecule has 0 unspecified atom stereocenters. The molecule has 98 valence electrons. The minimum absolute atomic E-state index is 0.131. The van der Waals surface area contributed by atoms with Gasteiger partial charge in [-0.15, -0.1) is 0 Å². The fraction of sp³-hybridized carbons (Fsp3) is 0.300. The Morgan fingerprint density at radius 3 is 2.78 bits per heavy atom. The van der Waals surface area contributed by atoms with Crippen LogP contribution in [0.5, 0.6) is 0 Å². The molecule has 1 amide bonds. The van der Waals surface area contributed by atoms with Gasteiger partial charge in [0.05, 0.1) is 11.1 Å². The normalized spacial score (nSPS) is 10.1. The van der Waals surface area contributed by atoms with E-state index in [4.69, 9.17) is 9.84 Å². The Labute approximate surface area is 120 Å². The maximum Gasteiger partial charge on any atom is 0.329 e. The van der Waals surface area contributed by atoms with Gasteiger partial charge >= 0.3 is 5.97 Å². The van der Waals surface area contributed by atoms with Crippen LogP contribution in [0.4, 0.5) is 0 Å². The molecule has 1 aromatic heterocycles. The Balaban J connectivity index is 2.39. The van der Waals surface area contributed by atoms with Crippen LogP contribution in [0.25, 0.3) is 0 Å². The van der Waals surface area contributed by atoms with E-state index in [1.165, 1.54) is 6.20 Å². The number of rotatable bonds is 6. The first-order chi connectivity index (χ1) is 8.50. The summed E-state index contributed by atoms with van der Waals surface area (Å²) >= 11 is 6.46. The molecule has 0 aliphatic heterocycles. The van der Waals surface area contributed by atoms with Gasteiger partial charge in [-0.05, 0) is 37.9 Å². The Hall–Kier alpha value is -0.990. The lowest BCUT2D eigenvalue weighted by Gasteiger charge is -2.06. The number of aromatic nitrogens is 1. The van der Waals surface area contributed by atoms with Gasteiger partial charge in [-0.3, -0.25) is 4.79 Å². The number of halogens is 2. The zero-order valence-corrected chi connectivity index (χ0v) is 12.3. The number of nitrogens with zero attached hydrogens (tertiary/aromatic N) is 1. The molecule has 0 aliphatic carbocycles. The average molecular weight is 382 g/mol. The first kappa shape index (κ1) is 15.1. The van der Waals surface area contributed by atoms with Crippen molar-refractivity contribution in [1.82, 2.24) is 10.3 Å². The lowest BCUT2D eigenvalue weighted by Crippen LogP contribution is -2.28. The van der Waals surface area contributed by atoms with Crippen molar-refractivity contribution in [2.24, 2.45) is 0 Å². The molecular formula is C10H10Br2N2O4. The Morgan fingerprint density at radius 1 is 1.44 bits per heavy atom. The molecule has 1 aromatic rings. The van der Waals surface area contributed by atoms with Crippen LogP contribution in [0.2, 0.25) is 0 Å². The van der Waals surface area contributed by atoms with E-state index in [2.05, 4.69) is 42.2 Å². The van der Waals surface area contributed by atoms with Crippen LogP contribution in [0.3, 0.4) is 0 Å². The number of carboxylic acid groups (broad SMARTS) is 1.